The number of hydrogen-bond acceptors (Lipinski definition) is 7. The summed E-state index contributed by atoms with van der Waals surface area (Å²) in [5, 5.41) is 3.88. The quantitative estimate of drug-likeness (QED) is 0.154. The molecule has 8 nitrogen and oxygen atoms in total. The van der Waals surface area contributed by atoms with Crippen molar-refractivity contribution >= 4 is 84.5 Å². The molecule has 3 rings (SSSR count). The predicted octanol–water partition coefficient (Wildman–Crippen LogP) is 6.89. The first-order chi connectivity index (χ1) is 17.0. The van der Waals surface area contributed by atoms with Gasteiger partial charge < -0.3 is 25.4 Å². The van der Waals surface area contributed by atoms with Gasteiger partial charge >= 0.3 is 12.1 Å². The van der Waals surface area contributed by atoms with Crippen molar-refractivity contribution in [2.45, 2.75) is 84.1 Å². The number of carbonyl (C=O) groups is 2. The fourth-order valence-corrected chi connectivity index (χ4v) is 5.19. The van der Waals surface area contributed by atoms with Crippen LogP contribution in [-0.4, -0.2) is 51.8 Å². The largest absolute Gasteiger partial charge is 0.460 e. The van der Waals surface area contributed by atoms with Crippen LogP contribution in [0.3, 0.4) is 0 Å². The fraction of sp³-hybridized carbons (Fsp3) is 0.560. The van der Waals surface area contributed by atoms with E-state index in [0.29, 0.717) is 38.5 Å². The minimum Gasteiger partial charge on any atom is -0.460 e. The van der Waals surface area contributed by atoms with Crippen molar-refractivity contribution in [1.82, 2.24) is 9.88 Å². The van der Waals surface area contributed by atoms with Gasteiger partial charge in [0.1, 0.15) is 16.7 Å². The monoisotopic (exact) mass is 712 g/mol. The molecule has 2 atom stereocenters. The van der Waals surface area contributed by atoms with E-state index in [4.69, 9.17) is 26.8 Å². The summed E-state index contributed by atoms with van der Waals surface area (Å²) in [6.07, 6.45) is 0.468. The highest BCUT2D eigenvalue weighted by molar-refractivity contribution is 14.1. The Labute approximate surface area is 243 Å². The number of anilines is 2. The number of nitrogens with one attached hydrogen (secondary N) is 1. The number of halogens is 4. The maximum Gasteiger partial charge on any atom is 0.410 e. The van der Waals surface area contributed by atoms with Crippen molar-refractivity contribution in [3.8, 4) is 0 Å². The zero-order chi connectivity index (χ0) is 27.9. The van der Waals surface area contributed by atoms with E-state index in [0.717, 1.165) is 0 Å². The first kappa shape index (κ1) is 29.9. The van der Waals surface area contributed by atoms with Crippen LogP contribution in [-0.2, 0) is 14.3 Å². The van der Waals surface area contributed by atoms with Gasteiger partial charge in [-0.2, -0.15) is 0 Å². The Hall–Kier alpha value is -1.60. The number of benzene rings is 1. The SMILES string of the molecule is CC(C)(C)OC(=O)C[C@@H]1C[C@@H](Nc2c(N)c(Cl)nc3c(F)c(Br)c(I)cc23)CCN1C(=O)OC(C)(C)C. The van der Waals surface area contributed by atoms with E-state index in [1.807, 2.05) is 22.6 Å². The van der Waals surface area contributed by atoms with E-state index in [9.17, 15) is 14.0 Å². The molecule has 0 aliphatic carbocycles. The Balaban J connectivity index is 1.92. The van der Waals surface area contributed by atoms with E-state index >= 15 is 0 Å². The Morgan fingerprint density at radius 2 is 1.89 bits per heavy atom. The van der Waals surface area contributed by atoms with Crippen molar-refractivity contribution in [1.29, 1.82) is 0 Å². The molecule has 2 heterocycles. The highest BCUT2D eigenvalue weighted by Crippen LogP contribution is 2.39. The Morgan fingerprint density at radius 3 is 2.49 bits per heavy atom. The van der Waals surface area contributed by atoms with E-state index in [2.05, 4.69) is 26.2 Å². The van der Waals surface area contributed by atoms with Crippen molar-refractivity contribution < 1.29 is 23.5 Å². The molecule has 1 aliphatic heterocycles. The van der Waals surface area contributed by atoms with Gasteiger partial charge in [0, 0.05) is 27.6 Å². The molecular formula is C25H32BrClFIN4O4. The zero-order valence-corrected chi connectivity index (χ0v) is 26.2. The van der Waals surface area contributed by atoms with Crippen molar-refractivity contribution in [3.63, 3.8) is 0 Å². The first-order valence-corrected chi connectivity index (χ1v) is 14.1. The molecule has 1 saturated heterocycles. The Morgan fingerprint density at radius 1 is 1.27 bits per heavy atom. The number of ether oxygens (including phenoxy) is 2. The molecule has 0 saturated carbocycles. The number of hydrogen-bond donors (Lipinski definition) is 2. The number of nitrogens with two attached hydrogens (primary N) is 1. The van der Waals surface area contributed by atoms with Gasteiger partial charge in [0.05, 0.1) is 22.3 Å². The summed E-state index contributed by atoms with van der Waals surface area (Å²) in [5.74, 6) is -0.945. The van der Waals surface area contributed by atoms with Crippen molar-refractivity contribution in [2.75, 3.05) is 17.6 Å². The summed E-state index contributed by atoms with van der Waals surface area (Å²) in [6.45, 7) is 11.1. The number of likely N-dealkylation sites (tertiary alicyclic amines) is 1. The van der Waals surface area contributed by atoms with Crippen molar-refractivity contribution in [2.24, 2.45) is 0 Å². The Bertz CT molecular complexity index is 1220. The summed E-state index contributed by atoms with van der Waals surface area (Å²) >= 11 is 11.5. The second-order valence-corrected chi connectivity index (χ2v) is 13.4. The van der Waals surface area contributed by atoms with Crippen LogP contribution in [0.4, 0.5) is 20.6 Å². The van der Waals surface area contributed by atoms with Gasteiger partial charge in [-0.05, 0) is 99.0 Å². The van der Waals surface area contributed by atoms with Gasteiger partial charge in [-0.15, -0.1) is 0 Å². The maximum atomic E-state index is 15.0. The van der Waals surface area contributed by atoms with Crippen LogP contribution < -0.4 is 11.1 Å². The summed E-state index contributed by atoms with van der Waals surface area (Å²) in [4.78, 5) is 31.4. The van der Waals surface area contributed by atoms with E-state index in [1.165, 1.54) is 0 Å². The highest BCUT2D eigenvalue weighted by atomic mass is 127. The number of esters is 1. The molecule has 12 heteroatoms. The number of aromatic nitrogens is 1. The summed E-state index contributed by atoms with van der Waals surface area (Å²) < 4.78 is 27.1. The Kier molecular flexibility index (Phi) is 9.11. The molecule has 0 radical (unpaired) electrons. The molecule has 204 valence electrons. The smallest absolute Gasteiger partial charge is 0.410 e. The van der Waals surface area contributed by atoms with Gasteiger partial charge in [0.2, 0.25) is 0 Å². The average molecular weight is 714 g/mol. The molecule has 0 unspecified atom stereocenters. The van der Waals surface area contributed by atoms with Crippen molar-refractivity contribution in [3.05, 3.63) is 25.1 Å². The van der Waals surface area contributed by atoms with Gasteiger partial charge in [0.15, 0.2) is 11.0 Å². The molecular weight excluding hydrogens is 682 g/mol. The van der Waals surface area contributed by atoms with Crippen LogP contribution in [0.15, 0.2) is 10.5 Å². The van der Waals surface area contributed by atoms with Crippen LogP contribution in [0.25, 0.3) is 10.9 Å². The van der Waals surface area contributed by atoms with Gasteiger partial charge in [0.25, 0.3) is 0 Å². The highest BCUT2D eigenvalue weighted by Gasteiger charge is 2.37. The van der Waals surface area contributed by atoms with Crippen LogP contribution in [0, 0.1) is 9.39 Å². The number of rotatable bonds is 4. The molecule has 2 aromatic rings. The molecule has 1 amide bonds. The van der Waals surface area contributed by atoms with Crippen LogP contribution in [0.5, 0.6) is 0 Å². The van der Waals surface area contributed by atoms with Crippen LogP contribution in [0.1, 0.15) is 60.8 Å². The fourth-order valence-electron chi connectivity index (χ4n) is 4.16. The van der Waals surface area contributed by atoms with Crippen LogP contribution in [0.2, 0.25) is 5.15 Å². The topological polar surface area (TPSA) is 107 Å². The lowest BCUT2D eigenvalue weighted by molar-refractivity contribution is -0.156. The molecule has 1 fully saturated rings. The van der Waals surface area contributed by atoms with Gasteiger partial charge in [-0.25, -0.2) is 14.2 Å². The third-order valence-corrected chi connectivity index (χ3v) is 8.28. The molecule has 0 bridgehead atoms. The van der Waals surface area contributed by atoms with Crippen LogP contribution >= 0.6 is 50.1 Å². The number of nitrogen functional groups attached to an aromatic ring is 1. The normalized spacial score (nSPS) is 18.6. The molecule has 1 aromatic heterocycles. The average Bonchev–Trinajstić information content (AvgIpc) is 2.74. The molecule has 37 heavy (non-hydrogen) atoms. The summed E-state index contributed by atoms with van der Waals surface area (Å²) in [6, 6.07) is 1.10. The number of carbonyl (C=O) groups excluding carboxylic acids is 2. The maximum absolute atomic E-state index is 15.0. The number of piperidine rings is 1. The summed E-state index contributed by atoms with van der Waals surface area (Å²) in [7, 11) is 0. The number of amides is 1. The molecule has 1 aliphatic rings. The number of nitrogens with zero attached hydrogens (tertiary/aromatic N) is 2. The minimum absolute atomic E-state index is 0.00149. The van der Waals surface area contributed by atoms with E-state index in [-0.39, 0.29) is 28.8 Å². The van der Waals surface area contributed by atoms with E-state index in [1.54, 1.807) is 52.5 Å². The van der Waals surface area contributed by atoms with E-state index < -0.39 is 35.1 Å². The second kappa shape index (κ2) is 11.3. The third-order valence-electron chi connectivity index (χ3n) is 5.62. The lowest BCUT2D eigenvalue weighted by atomic mass is 9.94. The minimum atomic E-state index is -0.681. The standard InChI is InChI=1S/C25H32BrClFIN4O4/c1-24(2,3)36-16(34)10-13-9-12(7-8-33(13)23(35)37-25(4,5)6)31-21-14-11-15(29)17(26)18(28)20(14)32-22(27)19(21)30/h11-13H,7-10,30H2,1-6H3,(H,31,32)/t12-,13-/m0/s1. The van der Waals surface area contributed by atoms with Gasteiger partial charge in [-0.1, -0.05) is 11.6 Å². The zero-order valence-electron chi connectivity index (χ0n) is 21.7. The molecule has 0 spiro atoms. The third kappa shape index (κ3) is 7.50. The van der Waals surface area contributed by atoms with Gasteiger partial charge in [-0.3, -0.25) is 4.79 Å². The predicted molar refractivity (Wildman–Crippen MR) is 155 cm³/mol. The first-order valence-electron chi connectivity index (χ1n) is 11.9. The molecule has 3 N–H and O–H groups in total. The number of pyridine rings is 1. The summed E-state index contributed by atoms with van der Waals surface area (Å²) in [5.41, 5.74) is 5.70. The number of fused-ring (bicyclic) bond motifs is 1. The second-order valence-electron chi connectivity index (χ2n) is 11.1. The molecule has 1 aromatic carbocycles. The lowest BCUT2D eigenvalue weighted by Crippen LogP contribution is -2.51. The lowest BCUT2D eigenvalue weighted by Gasteiger charge is -2.40.